The van der Waals surface area contributed by atoms with Crippen LogP contribution in [-0.4, -0.2) is 107 Å². The van der Waals surface area contributed by atoms with Crippen LogP contribution in [-0.2, 0) is 54.4 Å². The summed E-state index contributed by atoms with van der Waals surface area (Å²) in [6.07, 6.45) is 1.50. The number of aliphatic carboxylic acids is 1. The molecule has 0 aliphatic rings. The Bertz CT molecular complexity index is 1720. The summed E-state index contributed by atoms with van der Waals surface area (Å²) >= 11 is 0. The molecule has 0 unspecified atom stereocenters. The van der Waals surface area contributed by atoms with Crippen LogP contribution >= 0.6 is 0 Å². The maximum atomic E-state index is 13.7. The first-order chi connectivity index (χ1) is 28.0. The van der Waals surface area contributed by atoms with E-state index in [0.29, 0.717) is 12.0 Å². The Kier molecular flexibility index (Phi) is 22.3. The number of carboxylic acid groups (broad SMARTS) is 1. The van der Waals surface area contributed by atoms with Crippen molar-refractivity contribution in [3.8, 4) is 0 Å². The second kappa shape index (κ2) is 25.9. The third kappa shape index (κ3) is 19.4. The lowest BCUT2D eigenvalue weighted by atomic mass is 9.95. The minimum Gasteiger partial charge on any atom is -0.480 e. The molecule has 0 bridgehead atoms. The van der Waals surface area contributed by atoms with Crippen LogP contribution in [0.5, 0.6) is 0 Å². The van der Waals surface area contributed by atoms with E-state index in [-0.39, 0.29) is 37.5 Å². The van der Waals surface area contributed by atoms with Crippen molar-refractivity contribution in [1.82, 2.24) is 37.2 Å². The smallest absolute Gasteiger partial charge is 0.326 e. The second-order valence-electron chi connectivity index (χ2n) is 15.2. The van der Waals surface area contributed by atoms with Gasteiger partial charge in [0.05, 0.1) is 6.54 Å². The third-order valence-electron chi connectivity index (χ3n) is 9.19. The molecule has 9 amide bonds. The molecule has 0 heterocycles. The highest BCUT2D eigenvalue weighted by atomic mass is 16.4. The van der Waals surface area contributed by atoms with Gasteiger partial charge in [-0.05, 0) is 43.1 Å². The van der Waals surface area contributed by atoms with Gasteiger partial charge in [0.25, 0.3) is 0 Å². The number of carboxylic acids is 1. The topological polar surface area (TPSA) is 327 Å². The molecule has 0 saturated heterocycles. The predicted molar refractivity (Wildman–Crippen MR) is 219 cm³/mol. The molecule has 1 rings (SSSR count). The van der Waals surface area contributed by atoms with Gasteiger partial charge < -0.3 is 53.8 Å². The van der Waals surface area contributed by atoms with E-state index in [1.54, 1.807) is 58.0 Å². The predicted octanol–water partition coefficient (Wildman–Crippen LogP) is -1.59. The first-order valence-corrected chi connectivity index (χ1v) is 19.7. The van der Waals surface area contributed by atoms with Gasteiger partial charge in [-0.1, -0.05) is 78.3 Å². The highest BCUT2D eigenvalue weighted by Crippen LogP contribution is 2.13. The van der Waals surface area contributed by atoms with Gasteiger partial charge in [-0.3, -0.25) is 43.2 Å². The van der Waals surface area contributed by atoms with Crippen molar-refractivity contribution in [2.45, 2.75) is 117 Å². The molecule has 0 spiro atoms. The number of rotatable bonds is 26. The Hall–Kier alpha value is -6.34. The number of primary amides is 2. The van der Waals surface area contributed by atoms with E-state index >= 15 is 0 Å². The number of amides is 9. The summed E-state index contributed by atoms with van der Waals surface area (Å²) in [6, 6.07) is 1.41. The van der Waals surface area contributed by atoms with Gasteiger partial charge in [-0.25, -0.2) is 4.79 Å². The number of nitrogens with one attached hydrogen (secondary N) is 7. The Morgan fingerprint density at radius 2 is 1.23 bits per heavy atom. The van der Waals surface area contributed by atoms with Crippen LogP contribution in [0.3, 0.4) is 0 Å². The molecule has 20 heteroatoms. The van der Waals surface area contributed by atoms with Crippen LogP contribution in [0.25, 0.3) is 0 Å². The number of hydrogen-bond acceptors (Lipinski definition) is 10. The van der Waals surface area contributed by atoms with Gasteiger partial charge in [-0.2, -0.15) is 0 Å². The molecule has 0 aliphatic heterocycles. The molecule has 0 aromatic heterocycles. The van der Waals surface area contributed by atoms with Gasteiger partial charge in [-0.15, -0.1) is 0 Å². The molecule has 1 aromatic rings. The maximum Gasteiger partial charge on any atom is 0.326 e. The summed E-state index contributed by atoms with van der Waals surface area (Å²) in [5.74, 6) is -9.38. The normalized spacial score (nSPS) is 14.6. The number of carbonyl (C=O) groups excluding carboxylic acids is 9. The zero-order valence-electron chi connectivity index (χ0n) is 35.2. The summed E-state index contributed by atoms with van der Waals surface area (Å²) in [5.41, 5.74) is 11.4. The molecule has 12 N–H and O–H groups in total. The average molecular weight is 844 g/mol. The van der Waals surface area contributed by atoms with E-state index in [4.69, 9.17) is 11.5 Å². The molecule has 1 aromatic carbocycles. The van der Waals surface area contributed by atoms with Crippen molar-refractivity contribution in [1.29, 1.82) is 0 Å². The lowest BCUT2D eigenvalue weighted by Gasteiger charge is -2.29. The number of benzene rings is 1. The first-order valence-electron chi connectivity index (χ1n) is 19.7. The fourth-order valence-corrected chi connectivity index (χ4v) is 5.61. The SMILES string of the molecule is CC[C@H](C)[C@H](NC(=O)[C@H](CCC(N)=O)NC(=O)/C=C/C(=O)N[C@@H](C)C(=O)NCC(=O)N[C@@H](Cc1ccccc1)C(=O)O)C(=O)N[C@@H](CC(C)C)C(=O)N[C@H](C(N)=O)C(C)C. The average Bonchev–Trinajstić information content (AvgIpc) is 3.17. The van der Waals surface area contributed by atoms with Gasteiger partial charge in [0, 0.05) is 25.0 Å². The third-order valence-corrected chi connectivity index (χ3v) is 9.19. The van der Waals surface area contributed by atoms with E-state index in [1.165, 1.54) is 6.92 Å². The second-order valence-corrected chi connectivity index (χ2v) is 15.2. The summed E-state index contributed by atoms with van der Waals surface area (Å²) in [5, 5.41) is 26.6. The van der Waals surface area contributed by atoms with Crippen LogP contribution in [0.4, 0.5) is 0 Å². The van der Waals surface area contributed by atoms with Crippen molar-refractivity contribution in [3.05, 3.63) is 48.0 Å². The first kappa shape index (κ1) is 51.7. The zero-order chi connectivity index (χ0) is 45.7. The summed E-state index contributed by atoms with van der Waals surface area (Å²) in [4.78, 5) is 126. The number of nitrogens with two attached hydrogens (primary N) is 2. The van der Waals surface area contributed by atoms with Crippen molar-refractivity contribution in [3.63, 3.8) is 0 Å². The highest BCUT2D eigenvalue weighted by molar-refractivity contribution is 6.01. The van der Waals surface area contributed by atoms with Crippen LogP contribution in [0, 0.1) is 17.8 Å². The van der Waals surface area contributed by atoms with E-state index < -0.39 is 108 Å². The van der Waals surface area contributed by atoms with Gasteiger partial charge >= 0.3 is 5.97 Å². The summed E-state index contributed by atoms with van der Waals surface area (Å²) in [7, 11) is 0. The van der Waals surface area contributed by atoms with E-state index in [9.17, 15) is 53.1 Å². The molecular weight excluding hydrogens is 782 g/mol. The molecule has 60 heavy (non-hydrogen) atoms. The molecule has 0 saturated carbocycles. The Balaban J connectivity index is 2.96. The monoisotopic (exact) mass is 843 g/mol. The van der Waals surface area contributed by atoms with Crippen molar-refractivity contribution in [2.75, 3.05) is 6.54 Å². The molecular formula is C40H61N9O11. The van der Waals surface area contributed by atoms with E-state index in [2.05, 4.69) is 37.2 Å². The standard InChI is InChI=1S/C40H61N9O11/c1-8-23(6)34(39(58)47-27(18-21(2)3)38(57)48-33(22(4)5)35(42)54)49-37(56)26(14-15-29(41)50)45-31(52)17-16-30(51)44-24(7)36(55)43-20-32(53)46-28(40(59)60)19-25-12-10-9-11-13-25/h9-13,16-17,21-24,26-28,33-34H,8,14-15,18-20H2,1-7H3,(H2,41,50)(H2,42,54)(H,43,55)(H,44,51)(H,45,52)(H,46,53)(H,47,58)(H,48,57)(H,49,56)(H,59,60)/b17-16+/t23-,24-,26-,27-,28-,33-,34-/m0/s1. The fraction of sp³-hybridized carbons (Fsp3) is 0.550. The lowest BCUT2D eigenvalue weighted by Crippen LogP contribution is -2.60. The van der Waals surface area contributed by atoms with Crippen LogP contribution in [0.1, 0.15) is 79.7 Å². The molecule has 0 fully saturated rings. The summed E-state index contributed by atoms with van der Waals surface area (Å²) in [6.45, 7) is 11.2. The quantitative estimate of drug-likeness (QED) is 0.0474. The lowest BCUT2D eigenvalue weighted by molar-refractivity contribution is -0.141. The highest BCUT2D eigenvalue weighted by Gasteiger charge is 2.34. The van der Waals surface area contributed by atoms with Crippen LogP contribution in [0.2, 0.25) is 0 Å². The number of hydrogen-bond donors (Lipinski definition) is 10. The van der Waals surface area contributed by atoms with Crippen molar-refractivity contribution >= 4 is 59.1 Å². The van der Waals surface area contributed by atoms with Gasteiger partial charge in [0.1, 0.15) is 36.3 Å². The Morgan fingerprint density at radius 1 is 0.667 bits per heavy atom. The van der Waals surface area contributed by atoms with Crippen LogP contribution in [0.15, 0.2) is 42.5 Å². The van der Waals surface area contributed by atoms with E-state index in [0.717, 1.165) is 12.2 Å². The molecule has 20 nitrogen and oxygen atoms in total. The van der Waals surface area contributed by atoms with Crippen LogP contribution < -0.4 is 48.7 Å². The Labute approximate surface area is 349 Å². The molecule has 332 valence electrons. The molecule has 0 aliphatic carbocycles. The van der Waals surface area contributed by atoms with Crippen molar-refractivity contribution < 1.29 is 53.1 Å². The van der Waals surface area contributed by atoms with E-state index in [1.807, 2.05) is 13.8 Å². The Morgan fingerprint density at radius 3 is 1.75 bits per heavy atom. The summed E-state index contributed by atoms with van der Waals surface area (Å²) < 4.78 is 0. The minimum absolute atomic E-state index is 0.00954. The van der Waals surface area contributed by atoms with Crippen molar-refractivity contribution in [2.24, 2.45) is 29.2 Å². The largest absolute Gasteiger partial charge is 0.480 e. The maximum absolute atomic E-state index is 13.7. The minimum atomic E-state index is -1.42. The molecule has 0 radical (unpaired) electrons. The fourth-order valence-electron chi connectivity index (χ4n) is 5.61. The van der Waals surface area contributed by atoms with Gasteiger partial charge in [0.2, 0.25) is 53.2 Å². The zero-order valence-corrected chi connectivity index (χ0v) is 35.2. The molecule has 7 atom stereocenters. The number of carbonyl (C=O) groups is 10. The van der Waals surface area contributed by atoms with Gasteiger partial charge in [0.15, 0.2) is 0 Å².